The maximum absolute atomic E-state index is 11.5. The Hall–Kier alpha value is -0.570. The predicted octanol–water partition coefficient (Wildman–Crippen LogP) is 4.02. The number of hydrogen-bond acceptors (Lipinski definition) is 2. The first-order chi connectivity index (χ1) is 8.45. The van der Waals surface area contributed by atoms with E-state index in [0.717, 1.165) is 12.8 Å². The second-order valence-electron chi connectivity index (χ2n) is 5.87. The van der Waals surface area contributed by atoms with Gasteiger partial charge < -0.3 is 10.1 Å². The van der Waals surface area contributed by atoms with E-state index in [9.17, 15) is 4.79 Å². The molecule has 0 unspecified atom stereocenters. The Bertz CT molecular complexity index is 209. The van der Waals surface area contributed by atoms with Crippen molar-refractivity contribution in [1.82, 2.24) is 5.32 Å². The molecule has 18 heavy (non-hydrogen) atoms. The fraction of sp³-hybridized carbons (Fsp3) is 0.933. The molecular weight excluding hydrogens is 226 g/mol. The molecule has 0 aromatic carbocycles. The van der Waals surface area contributed by atoms with E-state index in [2.05, 4.69) is 12.2 Å². The van der Waals surface area contributed by atoms with Gasteiger partial charge >= 0.3 is 0 Å². The zero-order chi connectivity index (χ0) is 13.9. The van der Waals surface area contributed by atoms with Crippen LogP contribution in [0.15, 0.2) is 0 Å². The van der Waals surface area contributed by atoms with Gasteiger partial charge in [-0.25, -0.2) is 0 Å². The van der Waals surface area contributed by atoms with Gasteiger partial charge in [0.1, 0.15) is 6.73 Å². The molecule has 1 N–H and O–H groups in total. The minimum Gasteiger partial charge on any atom is -0.356 e. The number of ether oxygens (including phenoxy) is 1. The third kappa shape index (κ3) is 13.5. The average molecular weight is 257 g/mol. The van der Waals surface area contributed by atoms with Crippen molar-refractivity contribution in [3.05, 3.63) is 0 Å². The van der Waals surface area contributed by atoms with Crippen molar-refractivity contribution >= 4 is 5.91 Å². The lowest BCUT2D eigenvalue weighted by Crippen LogP contribution is -2.31. The van der Waals surface area contributed by atoms with Gasteiger partial charge in [-0.05, 0) is 27.2 Å². The molecule has 0 atom stereocenters. The van der Waals surface area contributed by atoms with E-state index in [1.807, 2.05) is 20.8 Å². The summed E-state index contributed by atoms with van der Waals surface area (Å²) in [5, 5.41) is 2.79. The molecule has 0 spiro atoms. The highest BCUT2D eigenvalue weighted by atomic mass is 16.5. The van der Waals surface area contributed by atoms with Gasteiger partial charge in [0, 0.05) is 6.42 Å². The lowest BCUT2D eigenvalue weighted by atomic mass is 10.1. The Morgan fingerprint density at radius 3 is 2.11 bits per heavy atom. The number of unbranched alkanes of at least 4 members (excludes halogenated alkanes) is 6. The molecule has 108 valence electrons. The second kappa shape index (κ2) is 10.4. The summed E-state index contributed by atoms with van der Waals surface area (Å²) in [7, 11) is 0. The van der Waals surface area contributed by atoms with Crippen LogP contribution in [0.2, 0.25) is 0 Å². The van der Waals surface area contributed by atoms with Gasteiger partial charge in [0.15, 0.2) is 0 Å². The third-order valence-electron chi connectivity index (χ3n) is 2.78. The van der Waals surface area contributed by atoms with E-state index in [1.165, 1.54) is 32.1 Å². The molecule has 0 rings (SSSR count). The van der Waals surface area contributed by atoms with E-state index >= 15 is 0 Å². The van der Waals surface area contributed by atoms with Crippen molar-refractivity contribution < 1.29 is 9.53 Å². The van der Waals surface area contributed by atoms with Gasteiger partial charge in [0.05, 0.1) is 5.60 Å². The minimum atomic E-state index is -0.188. The maximum atomic E-state index is 11.5. The molecule has 0 aromatic rings. The van der Waals surface area contributed by atoms with Crippen LogP contribution >= 0.6 is 0 Å². The summed E-state index contributed by atoms with van der Waals surface area (Å²) in [5.74, 6) is 0.104. The highest BCUT2D eigenvalue weighted by molar-refractivity contribution is 5.75. The molecule has 0 radical (unpaired) electrons. The number of nitrogens with one attached hydrogen (secondary N) is 1. The topological polar surface area (TPSA) is 38.3 Å². The smallest absolute Gasteiger partial charge is 0.221 e. The molecular formula is C15H31NO2. The van der Waals surface area contributed by atoms with Crippen molar-refractivity contribution in [2.24, 2.45) is 0 Å². The van der Waals surface area contributed by atoms with Crippen LogP contribution in [0.25, 0.3) is 0 Å². The van der Waals surface area contributed by atoms with Crippen LogP contribution in [0.4, 0.5) is 0 Å². The Morgan fingerprint density at radius 2 is 1.56 bits per heavy atom. The number of rotatable bonds is 10. The van der Waals surface area contributed by atoms with Crippen LogP contribution in [0.3, 0.4) is 0 Å². The van der Waals surface area contributed by atoms with Gasteiger partial charge in [0.25, 0.3) is 0 Å². The number of amides is 1. The van der Waals surface area contributed by atoms with Crippen molar-refractivity contribution in [2.45, 2.75) is 84.7 Å². The highest BCUT2D eigenvalue weighted by Gasteiger charge is 2.10. The molecule has 0 aliphatic rings. The Labute approximate surface area is 113 Å². The predicted molar refractivity (Wildman–Crippen MR) is 76.5 cm³/mol. The van der Waals surface area contributed by atoms with E-state index in [0.29, 0.717) is 13.2 Å². The first-order valence-corrected chi connectivity index (χ1v) is 7.36. The van der Waals surface area contributed by atoms with Crippen LogP contribution in [0.1, 0.15) is 79.1 Å². The quantitative estimate of drug-likeness (QED) is 0.474. The first-order valence-electron chi connectivity index (χ1n) is 7.36. The number of hydrogen-bond donors (Lipinski definition) is 1. The van der Waals surface area contributed by atoms with E-state index in [1.54, 1.807) is 0 Å². The molecule has 0 aromatic heterocycles. The molecule has 0 saturated carbocycles. The maximum Gasteiger partial charge on any atom is 0.221 e. The Kier molecular flexibility index (Phi) is 10.0. The summed E-state index contributed by atoms with van der Waals surface area (Å²) in [6.07, 6.45) is 9.31. The summed E-state index contributed by atoms with van der Waals surface area (Å²) in [4.78, 5) is 11.5. The van der Waals surface area contributed by atoms with Crippen LogP contribution < -0.4 is 5.32 Å². The van der Waals surface area contributed by atoms with Crippen LogP contribution in [0, 0.1) is 0 Å². The molecule has 0 bridgehead atoms. The first kappa shape index (κ1) is 17.4. The summed E-state index contributed by atoms with van der Waals surface area (Å²) in [6.45, 7) is 8.49. The molecule has 0 saturated heterocycles. The summed E-state index contributed by atoms with van der Waals surface area (Å²) in [5.41, 5.74) is -0.188. The summed E-state index contributed by atoms with van der Waals surface area (Å²) < 4.78 is 5.44. The fourth-order valence-corrected chi connectivity index (χ4v) is 1.66. The van der Waals surface area contributed by atoms with Crippen LogP contribution in [-0.4, -0.2) is 18.2 Å². The monoisotopic (exact) mass is 257 g/mol. The number of carbonyl (C=O) groups is 1. The van der Waals surface area contributed by atoms with Gasteiger partial charge in [0.2, 0.25) is 5.91 Å². The van der Waals surface area contributed by atoms with E-state index in [-0.39, 0.29) is 11.5 Å². The zero-order valence-corrected chi connectivity index (χ0v) is 12.7. The Balaban J connectivity index is 3.27. The molecule has 0 fully saturated rings. The van der Waals surface area contributed by atoms with Crippen molar-refractivity contribution in [3.8, 4) is 0 Å². The van der Waals surface area contributed by atoms with E-state index < -0.39 is 0 Å². The largest absolute Gasteiger partial charge is 0.356 e. The third-order valence-corrected chi connectivity index (χ3v) is 2.78. The van der Waals surface area contributed by atoms with Crippen molar-refractivity contribution in [2.75, 3.05) is 6.73 Å². The van der Waals surface area contributed by atoms with Gasteiger partial charge in [-0.3, -0.25) is 4.79 Å². The van der Waals surface area contributed by atoms with Crippen molar-refractivity contribution in [3.63, 3.8) is 0 Å². The molecule has 0 aliphatic carbocycles. The molecule has 3 nitrogen and oxygen atoms in total. The molecule has 1 amide bonds. The lowest BCUT2D eigenvalue weighted by molar-refractivity contribution is -0.124. The summed E-state index contributed by atoms with van der Waals surface area (Å²) in [6, 6.07) is 0. The standard InChI is InChI=1S/C15H31NO2/c1-5-6-7-8-9-10-11-12-14(17)16-13-18-15(2,3)4/h5-13H2,1-4H3,(H,16,17). The number of carbonyl (C=O) groups excluding carboxylic acids is 1. The van der Waals surface area contributed by atoms with Crippen molar-refractivity contribution in [1.29, 1.82) is 0 Å². The fourth-order valence-electron chi connectivity index (χ4n) is 1.66. The van der Waals surface area contributed by atoms with Gasteiger partial charge in [-0.1, -0.05) is 45.4 Å². The zero-order valence-electron chi connectivity index (χ0n) is 12.7. The van der Waals surface area contributed by atoms with Crippen LogP contribution in [-0.2, 0) is 9.53 Å². The average Bonchev–Trinajstić information content (AvgIpc) is 2.26. The molecule has 3 heteroatoms. The molecule has 0 aliphatic heterocycles. The van der Waals surface area contributed by atoms with Gasteiger partial charge in [-0.15, -0.1) is 0 Å². The normalized spacial score (nSPS) is 11.6. The minimum absolute atomic E-state index is 0.104. The Morgan fingerprint density at radius 1 is 1.00 bits per heavy atom. The second-order valence-corrected chi connectivity index (χ2v) is 5.87. The molecule has 0 heterocycles. The lowest BCUT2D eigenvalue weighted by Gasteiger charge is -2.19. The van der Waals surface area contributed by atoms with E-state index in [4.69, 9.17) is 4.74 Å². The van der Waals surface area contributed by atoms with Gasteiger partial charge in [-0.2, -0.15) is 0 Å². The highest BCUT2D eigenvalue weighted by Crippen LogP contribution is 2.08. The summed E-state index contributed by atoms with van der Waals surface area (Å²) >= 11 is 0. The SMILES string of the molecule is CCCCCCCCCC(=O)NCOC(C)(C)C. The van der Waals surface area contributed by atoms with Crippen LogP contribution in [0.5, 0.6) is 0 Å².